The Morgan fingerprint density at radius 3 is 2.61 bits per heavy atom. The predicted octanol–water partition coefficient (Wildman–Crippen LogP) is 2.79. The fourth-order valence-electron chi connectivity index (χ4n) is 2.07. The van der Waals surface area contributed by atoms with E-state index < -0.39 is 9.84 Å². The van der Waals surface area contributed by atoms with Crippen LogP contribution in [0, 0.1) is 0 Å². The maximum absolute atomic E-state index is 12.0. The predicted molar refractivity (Wildman–Crippen MR) is 78.1 cm³/mol. The van der Waals surface area contributed by atoms with Gasteiger partial charge in [-0.05, 0) is 36.5 Å². The first-order chi connectivity index (χ1) is 8.63. The maximum atomic E-state index is 12.0. The third-order valence-electron chi connectivity index (χ3n) is 3.18. The van der Waals surface area contributed by atoms with E-state index in [1.807, 2.05) is 23.9 Å². The van der Waals surface area contributed by atoms with Gasteiger partial charge in [-0.1, -0.05) is 19.1 Å². The SMILES string of the molecule is CCS(=O)(=O)c1ccccc1NC1CCSCC1. The number of hydrogen-bond acceptors (Lipinski definition) is 4. The molecular formula is C13H19NO2S2. The topological polar surface area (TPSA) is 46.2 Å². The van der Waals surface area contributed by atoms with Gasteiger partial charge < -0.3 is 5.32 Å². The minimum absolute atomic E-state index is 0.145. The van der Waals surface area contributed by atoms with E-state index in [1.54, 1.807) is 19.1 Å². The molecule has 18 heavy (non-hydrogen) atoms. The summed E-state index contributed by atoms with van der Waals surface area (Å²) in [4.78, 5) is 0.436. The Bertz CT molecular complexity index is 493. The van der Waals surface area contributed by atoms with Crippen molar-refractivity contribution < 1.29 is 8.42 Å². The van der Waals surface area contributed by atoms with E-state index in [-0.39, 0.29) is 5.75 Å². The monoisotopic (exact) mass is 285 g/mol. The summed E-state index contributed by atoms with van der Waals surface area (Å²) in [5, 5.41) is 3.40. The van der Waals surface area contributed by atoms with Crippen LogP contribution in [0.3, 0.4) is 0 Å². The van der Waals surface area contributed by atoms with Crippen LogP contribution in [0.2, 0.25) is 0 Å². The Kier molecular flexibility index (Phi) is 4.56. The van der Waals surface area contributed by atoms with Crippen LogP contribution in [0.25, 0.3) is 0 Å². The van der Waals surface area contributed by atoms with Gasteiger partial charge in [-0.15, -0.1) is 0 Å². The lowest BCUT2D eigenvalue weighted by atomic mass is 10.1. The van der Waals surface area contributed by atoms with E-state index in [0.29, 0.717) is 10.9 Å². The standard InChI is InChI=1S/C13H19NO2S2/c1-2-18(15,16)13-6-4-3-5-12(13)14-11-7-9-17-10-8-11/h3-6,11,14H,2,7-10H2,1H3. The molecule has 0 spiro atoms. The van der Waals surface area contributed by atoms with Gasteiger partial charge in [0.05, 0.1) is 16.3 Å². The number of sulfone groups is 1. The first kappa shape index (κ1) is 13.7. The summed E-state index contributed by atoms with van der Waals surface area (Å²) in [6, 6.07) is 7.63. The van der Waals surface area contributed by atoms with Gasteiger partial charge in [0.1, 0.15) is 0 Å². The van der Waals surface area contributed by atoms with E-state index in [2.05, 4.69) is 5.32 Å². The van der Waals surface area contributed by atoms with Crippen molar-refractivity contribution in [1.82, 2.24) is 0 Å². The molecule has 1 fully saturated rings. The number of hydrogen-bond donors (Lipinski definition) is 1. The van der Waals surface area contributed by atoms with Gasteiger partial charge in [0.15, 0.2) is 9.84 Å². The molecule has 2 rings (SSSR count). The van der Waals surface area contributed by atoms with E-state index in [4.69, 9.17) is 0 Å². The number of benzene rings is 1. The number of anilines is 1. The van der Waals surface area contributed by atoms with Crippen molar-refractivity contribution in [2.24, 2.45) is 0 Å². The Morgan fingerprint density at radius 2 is 1.94 bits per heavy atom. The van der Waals surface area contributed by atoms with Crippen molar-refractivity contribution in [2.45, 2.75) is 30.7 Å². The molecule has 0 atom stereocenters. The quantitative estimate of drug-likeness (QED) is 0.924. The number of rotatable bonds is 4. The van der Waals surface area contributed by atoms with Crippen LogP contribution in [-0.4, -0.2) is 31.7 Å². The number of thioether (sulfide) groups is 1. The van der Waals surface area contributed by atoms with Gasteiger partial charge in [0, 0.05) is 6.04 Å². The van der Waals surface area contributed by atoms with Gasteiger partial charge >= 0.3 is 0 Å². The van der Waals surface area contributed by atoms with Crippen LogP contribution in [0.5, 0.6) is 0 Å². The minimum Gasteiger partial charge on any atom is -0.381 e. The summed E-state index contributed by atoms with van der Waals surface area (Å²) in [7, 11) is -3.15. The summed E-state index contributed by atoms with van der Waals surface area (Å²) in [6.45, 7) is 1.68. The highest BCUT2D eigenvalue weighted by atomic mass is 32.2. The van der Waals surface area contributed by atoms with Gasteiger partial charge in [-0.2, -0.15) is 11.8 Å². The zero-order valence-electron chi connectivity index (χ0n) is 10.6. The molecule has 1 aromatic rings. The van der Waals surface area contributed by atoms with Crippen LogP contribution in [0.1, 0.15) is 19.8 Å². The van der Waals surface area contributed by atoms with Crippen LogP contribution >= 0.6 is 11.8 Å². The van der Waals surface area contributed by atoms with Crippen LogP contribution < -0.4 is 5.32 Å². The van der Waals surface area contributed by atoms with Crippen molar-refractivity contribution >= 4 is 27.3 Å². The first-order valence-electron chi connectivity index (χ1n) is 6.29. The maximum Gasteiger partial charge on any atom is 0.180 e. The molecule has 0 radical (unpaired) electrons. The second-order valence-corrected chi connectivity index (χ2v) is 7.90. The smallest absolute Gasteiger partial charge is 0.180 e. The molecule has 0 unspecified atom stereocenters. The molecule has 0 saturated carbocycles. The molecular weight excluding hydrogens is 266 g/mol. The highest BCUT2D eigenvalue weighted by Crippen LogP contribution is 2.26. The van der Waals surface area contributed by atoms with Gasteiger partial charge in [0.25, 0.3) is 0 Å². The van der Waals surface area contributed by atoms with Gasteiger partial charge in [-0.25, -0.2) is 8.42 Å². The Hall–Kier alpha value is -0.680. The average molecular weight is 285 g/mol. The normalized spacial score (nSPS) is 17.6. The Morgan fingerprint density at radius 1 is 1.28 bits per heavy atom. The lowest BCUT2D eigenvalue weighted by Gasteiger charge is -2.24. The summed E-state index contributed by atoms with van der Waals surface area (Å²) < 4.78 is 24.0. The molecule has 0 bridgehead atoms. The van der Waals surface area contributed by atoms with Crippen LogP contribution in [0.4, 0.5) is 5.69 Å². The van der Waals surface area contributed by atoms with E-state index in [0.717, 1.165) is 30.0 Å². The van der Waals surface area contributed by atoms with Gasteiger partial charge in [0.2, 0.25) is 0 Å². The number of nitrogens with one attached hydrogen (secondary N) is 1. The zero-order valence-corrected chi connectivity index (χ0v) is 12.2. The molecule has 1 N–H and O–H groups in total. The molecule has 1 saturated heterocycles. The lowest BCUT2D eigenvalue weighted by molar-refractivity contribution is 0.597. The molecule has 100 valence electrons. The lowest BCUT2D eigenvalue weighted by Crippen LogP contribution is -2.25. The Balaban J connectivity index is 2.22. The molecule has 3 nitrogen and oxygen atoms in total. The molecule has 0 aliphatic carbocycles. The first-order valence-corrected chi connectivity index (χ1v) is 9.10. The van der Waals surface area contributed by atoms with E-state index >= 15 is 0 Å². The van der Waals surface area contributed by atoms with E-state index in [9.17, 15) is 8.42 Å². The fraction of sp³-hybridized carbons (Fsp3) is 0.538. The molecule has 1 heterocycles. The van der Waals surface area contributed by atoms with Crippen molar-refractivity contribution in [3.63, 3.8) is 0 Å². The van der Waals surface area contributed by atoms with Crippen LogP contribution in [-0.2, 0) is 9.84 Å². The molecule has 1 aliphatic rings. The Labute approximate surface area is 113 Å². The summed E-state index contributed by atoms with van der Waals surface area (Å²) in [6.07, 6.45) is 2.20. The summed E-state index contributed by atoms with van der Waals surface area (Å²) in [5.74, 6) is 2.45. The number of para-hydroxylation sites is 1. The molecule has 5 heteroatoms. The fourth-order valence-corrected chi connectivity index (χ4v) is 4.24. The molecule has 0 amide bonds. The summed E-state index contributed by atoms with van der Waals surface area (Å²) >= 11 is 1.97. The third kappa shape index (κ3) is 3.20. The zero-order chi connectivity index (χ0) is 13.0. The molecule has 1 aromatic carbocycles. The van der Waals surface area contributed by atoms with Crippen molar-refractivity contribution in [2.75, 3.05) is 22.6 Å². The molecule has 0 aromatic heterocycles. The summed E-state index contributed by atoms with van der Waals surface area (Å²) in [5.41, 5.74) is 0.760. The van der Waals surface area contributed by atoms with Crippen molar-refractivity contribution in [1.29, 1.82) is 0 Å². The van der Waals surface area contributed by atoms with E-state index in [1.165, 1.54) is 0 Å². The third-order valence-corrected chi connectivity index (χ3v) is 6.02. The van der Waals surface area contributed by atoms with Crippen molar-refractivity contribution in [3.05, 3.63) is 24.3 Å². The average Bonchev–Trinajstić information content (AvgIpc) is 2.40. The second-order valence-electron chi connectivity index (χ2n) is 4.43. The van der Waals surface area contributed by atoms with Crippen molar-refractivity contribution in [3.8, 4) is 0 Å². The van der Waals surface area contributed by atoms with Crippen LogP contribution in [0.15, 0.2) is 29.2 Å². The highest BCUT2D eigenvalue weighted by molar-refractivity contribution is 7.99. The highest BCUT2D eigenvalue weighted by Gasteiger charge is 2.19. The second kappa shape index (κ2) is 5.97. The van der Waals surface area contributed by atoms with Gasteiger partial charge in [-0.3, -0.25) is 0 Å². The largest absolute Gasteiger partial charge is 0.381 e. The minimum atomic E-state index is -3.15. The molecule has 1 aliphatic heterocycles.